The maximum atomic E-state index is 13.8. The van der Waals surface area contributed by atoms with Gasteiger partial charge in [0.15, 0.2) is 0 Å². The van der Waals surface area contributed by atoms with E-state index in [-0.39, 0.29) is 46.7 Å². The minimum Gasteiger partial charge on any atom is -0.508 e. The number of piperidine rings is 2. The van der Waals surface area contributed by atoms with Crippen LogP contribution in [0.2, 0.25) is 0 Å². The third-order valence-electron chi connectivity index (χ3n) is 12.8. The van der Waals surface area contributed by atoms with Gasteiger partial charge in [-0.1, -0.05) is 0 Å². The SMILES string of the molecule is CC(C)(C)OC(=O)N1CC2(C[C@H](N3CCC(c4cc(F)ccc4O)CC3)CO2)C1.COc1ccc(F)cc1C1CCN([C@@H]2COC3(C2)CN(C(=O)OC(C)(C)C)C3)CC1. The largest absolute Gasteiger partial charge is 0.508 e. The van der Waals surface area contributed by atoms with Gasteiger partial charge < -0.3 is 38.6 Å². The number of phenolic OH excluding ortho intramolecular Hbond substituents is 1. The van der Waals surface area contributed by atoms with E-state index >= 15 is 0 Å². The summed E-state index contributed by atoms with van der Waals surface area (Å²) in [4.78, 5) is 32.8. The molecule has 0 radical (unpaired) electrons. The summed E-state index contributed by atoms with van der Waals surface area (Å²) in [7, 11) is 1.64. The van der Waals surface area contributed by atoms with Gasteiger partial charge in [0.2, 0.25) is 0 Å². The van der Waals surface area contributed by atoms with Crippen LogP contribution in [0.15, 0.2) is 36.4 Å². The highest BCUT2D eigenvalue weighted by Gasteiger charge is 2.54. The fourth-order valence-corrected chi connectivity index (χ4v) is 9.79. The minimum atomic E-state index is -0.487. The molecule has 0 bridgehead atoms. The van der Waals surface area contributed by atoms with E-state index in [4.69, 9.17) is 23.7 Å². The zero-order chi connectivity index (χ0) is 42.3. The predicted octanol–water partition coefficient (Wildman–Crippen LogP) is 7.28. The second-order valence-electron chi connectivity index (χ2n) is 19.6. The van der Waals surface area contributed by atoms with Crippen molar-refractivity contribution >= 4 is 12.2 Å². The van der Waals surface area contributed by atoms with Gasteiger partial charge >= 0.3 is 12.2 Å². The summed E-state index contributed by atoms with van der Waals surface area (Å²) in [5.41, 5.74) is 0.273. The highest BCUT2D eigenvalue weighted by Crippen LogP contribution is 2.42. The Balaban J connectivity index is 0.000000179. The molecule has 2 aromatic rings. The number of hydrogen-bond acceptors (Lipinski definition) is 10. The van der Waals surface area contributed by atoms with Crippen molar-refractivity contribution in [3.63, 3.8) is 0 Å². The van der Waals surface area contributed by atoms with Crippen molar-refractivity contribution in [2.24, 2.45) is 0 Å². The minimum absolute atomic E-state index is 0.185. The van der Waals surface area contributed by atoms with Crippen molar-refractivity contribution in [3.05, 3.63) is 59.2 Å². The van der Waals surface area contributed by atoms with E-state index in [1.807, 2.05) is 41.5 Å². The fraction of sp³-hybridized carbons (Fsp3) is 0.689. The van der Waals surface area contributed by atoms with E-state index in [2.05, 4.69) is 9.80 Å². The van der Waals surface area contributed by atoms with Crippen molar-refractivity contribution in [3.8, 4) is 11.5 Å². The van der Waals surface area contributed by atoms with E-state index in [9.17, 15) is 23.5 Å². The molecule has 6 fully saturated rings. The molecular formula is C45H64F2N4O8. The number of ether oxygens (including phenoxy) is 5. The first-order valence-electron chi connectivity index (χ1n) is 21.4. The number of carbonyl (C=O) groups excluding carboxylic acids is 2. The number of halogens is 2. The highest BCUT2D eigenvalue weighted by molar-refractivity contribution is 5.70. The van der Waals surface area contributed by atoms with E-state index in [1.165, 1.54) is 24.3 Å². The summed E-state index contributed by atoms with van der Waals surface area (Å²) in [6.07, 6.45) is 5.08. The van der Waals surface area contributed by atoms with Gasteiger partial charge in [0.25, 0.3) is 0 Å². The molecule has 59 heavy (non-hydrogen) atoms. The molecule has 6 aliphatic heterocycles. The van der Waals surface area contributed by atoms with Crippen molar-refractivity contribution in [1.82, 2.24) is 19.6 Å². The summed E-state index contributed by atoms with van der Waals surface area (Å²) in [6, 6.07) is 9.71. The van der Waals surface area contributed by atoms with E-state index < -0.39 is 11.2 Å². The van der Waals surface area contributed by atoms with Crippen LogP contribution in [0.1, 0.15) is 103 Å². The molecule has 14 heteroatoms. The third kappa shape index (κ3) is 10.3. The Labute approximate surface area is 348 Å². The quantitative estimate of drug-likeness (QED) is 0.330. The molecule has 2 spiro atoms. The fourth-order valence-electron chi connectivity index (χ4n) is 9.79. The monoisotopic (exact) mass is 826 g/mol. The molecule has 0 saturated carbocycles. The van der Waals surface area contributed by atoms with Crippen LogP contribution < -0.4 is 4.74 Å². The number of carbonyl (C=O) groups is 2. The molecule has 6 heterocycles. The van der Waals surface area contributed by atoms with Crippen molar-refractivity contribution in [2.45, 2.75) is 126 Å². The first-order valence-corrected chi connectivity index (χ1v) is 21.4. The zero-order valence-corrected chi connectivity index (χ0v) is 35.9. The van der Waals surface area contributed by atoms with Gasteiger partial charge in [0.1, 0.15) is 45.5 Å². The third-order valence-corrected chi connectivity index (χ3v) is 12.8. The lowest BCUT2D eigenvalue weighted by molar-refractivity contribution is -0.109. The Bertz CT molecular complexity index is 1810. The summed E-state index contributed by atoms with van der Waals surface area (Å²) in [6.45, 7) is 18.8. The number of rotatable bonds is 5. The average Bonchev–Trinajstić information content (AvgIpc) is 3.81. The number of methoxy groups -OCH3 is 1. The Hall–Kier alpha value is -3.72. The maximum absolute atomic E-state index is 13.8. The molecule has 6 saturated heterocycles. The number of hydrogen-bond donors (Lipinski definition) is 1. The Morgan fingerprint density at radius 1 is 0.678 bits per heavy atom. The lowest BCUT2D eigenvalue weighted by Crippen LogP contribution is -2.64. The second-order valence-corrected chi connectivity index (χ2v) is 19.6. The smallest absolute Gasteiger partial charge is 0.410 e. The molecule has 12 nitrogen and oxygen atoms in total. The number of aromatic hydroxyl groups is 1. The molecule has 8 rings (SSSR count). The van der Waals surface area contributed by atoms with E-state index in [0.717, 1.165) is 81.6 Å². The molecule has 2 atom stereocenters. The Morgan fingerprint density at radius 2 is 1.08 bits per heavy atom. The van der Waals surface area contributed by atoms with Crippen LogP contribution >= 0.6 is 0 Å². The van der Waals surface area contributed by atoms with Crippen molar-refractivity contribution < 1.29 is 47.2 Å². The Morgan fingerprint density at radius 3 is 1.51 bits per heavy atom. The molecule has 2 amide bonds. The predicted molar refractivity (Wildman–Crippen MR) is 218 cm³/mol. The number of phenols is 1. The summed E-state index contributed by atoms with van der Waals surface area (Å²) in [5, 5.41) is 10.1. The summed E-state index contributed by atoms with van der Waals surface area (Å²) >= 11 is 0. The average molecular weight is 827 g/mol. The molecule has 1 N–H and O–H groups in total. The van der Waals surface area contributed by atoms with Crippen LogP contribution in [-0.2, 0) is 18.9 Å². The molecule has 0 unspecified atom stereocenters. The van der Waals surface area contributed by atoms with Crippen LogP contribution in [-0.4, -0.2) is 144 Å². The van der Waals surface area contributed by atoms with Crippen LogP contribution in [0.4, 0.5) is 18.4 Å². The van der Waals surface area contributed by atoms with Gasteiger partial charge in [-0.15, -0.1) is 0 Å². The number of nitrogens with zero attached hydrogens (tertiary/aromatic N) is 4. The first kappa shape index (κ1) is 43.4. The van der Waals surface area contributed by atoms with Gasteiger partial charge in [0.05, 0.1) is 46.5 Å². The second kappa shape index (κ2) is 17.0. The molecule has 326 valence electrons. The van der Waals surface area contributed by atoms with E-state index in [0.29, 0.717) is 57.4 Å². The van der Waals surface area contributed by atoms with Gasteiger partial charge in [-0.3, -0.25) is 9.80 Å². The molecule has 0 aliphatic carbocycles. The van der Waals surface area contributed by atoms with Gasteiger partial charge in [-0.25, -0.2) is 18.4 Å². The van der Waals surface area contributed by atoms with Gasteiger partial charge in [0, 0.05) is 17.6 Å². The van der Waals surface area contributed by atoms with Gasteiger partial charge in [-0.05, 0) is 160 Å². The van der Waals surface area contributed by atoms with Crippen molar-refractivity contribution in [2.75, 3.05) is 72.7 Å². The molecule has 2 aromatic carbocycles. The standard InChI is InChI=1S/C23H33FN2O4.C22H31FN2O4/c1-22(2,3)30-21(27)26-14-23(15-26)12-18(13-29-23)25-9-7-16(8-10-25)19-11-17(24)5-6-20(19)28-4;1-21(2,3)29-20(27)25-13-22(14-25)11-17(12-28-22)24-8-6-15(7-9-24)18-10-16(23)4-5-19(18)26/h5-6,11,16,18H,7-10,12-15H2,1-4H3;4-5,10,15,17,26H,6-9,11-14H2,1-3H3/t18-;17-/m00/s1. The van der Waals surface area contributed by atoms with Crippen LogP contribution in [0.25, 0.3) is 0 Å². The van der Waals surface area contributed by atoms with Crippen molar-refractivity contribution in [1.29, 1.82) is 0 Å². The number of likely N-dealkylation sites (tertiary alicyclic amines) is 4. The lowest BCUT2D eigenvalue weighted by atomic mass is 9.86. The van der Waals surface area contributed by atoms with Crippen LogP contribution in [0.3, 0.4) is 0 Å². The Kier molecular flexibility index (Phi) is 12.5. The van der Waals surface area contributed by atoms with Crippen LogP contribution in [0.5, 0.6) is 11.5 Å². The topological polar surface area (TPSA) is 113 Å². The summed E-state index contributed by atoms with van der Waals surface area (Å²) in [5.74, 6) is 0.948. The van der Waals surface area contributed by atoms with Gasteiger partial charge in [-0.2, -0.15) is 0 Å². The molecule has 0 aromatic heterocycles. The summed E-state index contributed by atoms with van der Waals surface area (Å²) < 4.78 is 55.9. The number of benzene rings is 2. The highest BCUT2D eigenvalue weighted by atomic mass is 19.1. The number of amides is 2. The van der Waals surface area contributed by atoms with E-state index in [1.54, 1.807) is 29.0 Å². The first-order chi connectivity index (χ1) is 27.8. The lowest BCUT2D eigenvalue weighted by Gasteiger charge is -2.47. The normalized spacial score (nSPS) is 25.0. The molecule has 6 aliphatic rings. The maximum Gasteiger partial charge on any atom is 0.410 e. The molecular weight excluding hydrogens is 763 g/mol. The zero-order valence-electron chi connectivity index (χ0n) is 35.9. The van der Waals surface area contributed by atoms with Crippen LogP contribution in [0, 0.1) is 11.6 Å².